The van der Waals surface area contributed by atoms with Crippen LogP contribution in [0.4, 0.5) is 0 Å². The summed E-state index contributed by atoms with van der Waals surface area (Å²) >= 11 is 0. The largest absolute Gasteiger partial charge is 0.396 e. The molecule has 1 aromatic carbocycles. The van der Waals surface area contributed by atoms with Crippen molar-refractivity contribution in [3.8, 4) is 0 Å². The van der Waals surface area contributed by atoms with Crippen LogP contribution >= 0.6 is 0 Å². The Balaban J connectivity index is 1.74. The number of piperazine rings is 1. The van der Waals surface area contributed by atoms with Gasteiger partial charge in [0, 0.05) is 38.8 Å². The summed E-state index contributed by atoms with van der Waals surface area (Å²) < 4.78 is 0. The Labute approximate surface area is 144 Å². The molecule has 1 aliphatic carbocycles. The van der Waals surface area contributed by atoms with Crippen molar-refractivity contribution >= 4 is 5.91 Å². The Morgan fingerprint density at radius 3 is 2.46 bits per heavy atom. The minimum atomic E-state index is -0.236. The van der Waals surface area contributed by atoms with Crippen molar-refractivity contribution in [1.29, 1.82) is 0 Å². The minimum Gasteiger partial charge on any atom is -0.396 e. The van der Waals surface area contributed by atoms with Gasteiger partial charge in [-0.1, -0.05) is 30.3 Å². The van der Waals surface area contributed by atoms with Crippen LogP contribution in [-0.2, 0) is 4.79 Å². The van der Waals surface area contributed by atoms with Crippen LogP contribution in [0.15, 0.2) is 30.3 Å². The zero-order chi connectivity index (χ0) is 16.9. The average molecular weight is 331 g/mol. The summed E-state index contributed by atoms with van der Waals surface area (Å²) in [7, 11) is 2.12. The fraction of sp³-hybridized carbons (Fsp3) is 0.632. The molecule has 1 saturated carbocycles. The van der Waals surface area contributed by atoms with Gasteiger partial charge in [-0.05, 0) is 37.8 Å². The smallest absolute Gasteiger partial charge is 0.242 e. The number of likely N-dealkylation sites (N-methyl/N-ethyl adjacent to an activating group) is 1. The van der Waals surface area contributed by atoms with Gasteiger partial charge in [-0.2, -0.15) is 0 Å². The lowest BCUT2D eigenvalue weighted by molar-refractivity contribution is -0.128. The average Bonchev–Trinajstić information content (AvgIpc) is 3.42. The second-order valence-electron chi connectivity index (χ2n) is 7.12. The van der Waals surface area contributed by atoms with Crippen LogP contribution < -0.4 is 5.32 Å². The molecule has 0 radical (unpaired) electrons. The molecular formula is C19H29N3O2. The van der Waals surface area contributed by atoms with E-state index in [0.717, 1.165) is 44.6 Å². The van der Waals surface area contributed by atoms with Crippen molar-refractivity contribution in [3.63, 3.8) is 0 Å². The maximum absolute atomic E-state index is 13.1. The number of hydrogen-bond donors (Lipinski definition) is 2. The molecule has 2 fully saturated rings. The van der Waals surface area contributed by atoms with E-state index in [1.807, 2.05) is 30.3 Å². The topological polar surface area (TPSA) is 55.8 Å². The van der Waals surface area contributed by atoms with E-state index in [1.165, 1.54) is 0 Å². The molecule has 2 N–H and O–H groups in total. The fourth-order valence-electron chi connectivity index (χ4n) is 3.57. The van der Waals surface area contributed by atoms with E-state index in [1.54, 1.807) is 0 Å². The molecule has 2 atom stereocenters. The highest BCUT2D eigenvalue weighted by Crippen LogP contribution is 2.34. The molecule has 3 rings (SSSR count). The number of nitrogens with zero attached hydrogens (tertiary/aromatic N) is 2. The summed E-state index contributed by atoms with van der Waals surface area (Å²) in [5.74, 6) is 0.626. The second kappa shape index (κ2) is 8.10. The number of rotatable bonds is 7. The van der Waals surface area contributed by atoms with E-state index < -0.39 is 0 Å². The molecular weight excluding hydrogens is 302 g/mol. The molecule has 1 saturated heterocycles. The van der Waals surface area contributed by atoms with E-state index in [9.17, 15) is 9.90 Å². The molecule has 1 amide bonds. The maximum atomic E-state index is 13.1. The molecule has 5 nitrogen and oxygen atoms in total. The number of nitrogens with one attached hydrogen (secondary N) is 1. The van der Waals surface area contributed by atoms with Gasteiger partial charge in [0.2, 0.25) is 5.91 Å². The molecule has 2 aliphatic rings. The third-order valence-corrected chi connectivity index (χ3v) is 5.23. The summed E-state index contributed by atoms with van der Waals surface area (Å²) in [6.45, 7) is 3.90. The van der Waals surface area contributed by atoms with Gasteiger partial charge in [-0.15, -0.1) is 0 Å². The quantitative estimate of drug-likeness (QED) is 0.790. The summed E-state index contributed by atoms with van der Waals surface area (Å²) in [6, 6.07) is 9.94. The highest BCUT2D eigenvalue weighted by atomic mass is 16.3. The SMILES string of the molecule is CN1CCN(C(C(=O)NC(CCO)C2CC2)c2ccccc2)CC1. The standard InChI is InChI=1S/C19H29N3O2/c1-21-10-12-22(13-11-21)18(16-5-3-2-4-6-16)19(24)20-17(9-14-23)15-7-8-15/h2-6,15,17-18,23H,7-14H2,1H3,(H,20,24). The highest BCUT2D eigenvalue weighted by Gasteiger charge is 2.35. The van der Waals surface area contributed by atoms with Gasteiger partial charge >= 0.3 is 0 Å². The second-order valence-corrected chi connectivity index (χ2v) is 7.12. The minimum absolute atomic E-state index is 0.0797. The first kappa shape index (κ1) is 17.4. The third kappa shape index (κ3) is 4.35. The van der Waals surface area contributed by atoms with Crippen LogP contribution in [0.25, 0.3) is 0 Å². The summed E-state index contributed by atoms with van der Waals surface area (Å²) in [5, 5.41) is 12.5. The van der Waals surface area contributed by atoms with Gasteiger partial charge in [0.15, 0.2) is 0 Å². The van der Waals surface area contributed by atoms with Crippen LogP contribution in [0.3, 0.4) is 0 Å². The van der Waals surface area contributed by atoms with Crippen LogP contribution in [0, 0.1) is 5.92 Å². The molecule has 1 aromatic rings. The highest BCUT2D eigenvalue weighted by molar-refractivity contribution is 5.83. The van der Waals surface area contributed by atoms with Gasteiger partial charge in [0.1, 0.15) is 6.04 Å². The normalized spacial score (nSPS) is 22.1. The Kier molecular flexibility index (Phi) is 5.87. The number of hydrogen-bond acceptors (Lipinski definition) is 4. The van der Waals surface area contributed by atoms with E-state index in [2.05, 4.69) is 22.2 Å². The van der Waals surface area contributed by atoms with E-state index in [-0.39, 0.29) is 24.6 Å². The zero-order valence-electron chi connectivity index (χ0n) is 14.5. The monoisotopic (exact) mass is 331 g/mol. The first-order valence-corrected chi connectivity index (χ1v) is 9.08. The van der Waals surface area contributed by atoms with E-state index in [4.69, 9.17) is 0 Å². The summed E-state index contributed by atoms with van der Waals surface area (Å²) in [6.07, 6.45) is 2.98. The van der Waals surface area contributed by atoms with Crippen molar-refractivity contribution in [3.05, 3.63) is 35.9 Å². The molecule has 5 heteroatoms. The van der Waals surface area contributed by atoms with Crippen molar-refractivity contribution in [2.75, 3.05) is 39.8 Å². The van der Waals surface area contributed by atoms with Gasteiger partial charge in [-0.25, -0.2) is 0 Å². The number of carbonyl (C=O) groups is 1. The Morgan fingerprint density at radius 1 is 1.21 bits per heavy atom. The van der Waals surface area contributed by atoms with Crippen LogP contribution in [0.2, 0.25) is 0 Å². The number of benzene rings is 1. The fourth-order valence-corrected chi connectivity index (χ4v) is 3.57. The van der Waals surface area contributed by atoms with E-state index >= 15 is 0 Å². The molecule has 0 bridgehead atoms. The van der Waals surface area contributed by atoms with Crippen LogP contribution in [-0.4, -0.2) is 66.7 Å². The number of aliphatic hydroxyl groups excluding tert-OH is 1. The lowest BCUT2D eigenvalue weighted by Crippen LogP contribution is -2.51. The first-order chi connectivity index (χ1) is 11.7. The lowest BCUT2D eigenvalue weighted by Gasteiger charge is -2.38. The van der Waals surface area contributed by atoms with Crippen molar-refractivity contribution in [2.45, 2.75) is 31.3 Å². The van der Waals surface area contributed by atoms with Crippen molar-refractivity contribution < 1.29 is 9.90 Å². The molecule has 132 valence electrons. The van der Waals surface area contributed by atoms with Gasteiger partial charge in [0.25, 0.3) is 0 Å². The maximum Gasteiger partial charge on any atom is 0.242 e. The molecule has 0 aromatic heterocycles. The first-order valence-electron chi connectivity index (χ1n) is 9.08. The molecule has 1 aliphatic heterocycles. The Hall–Kier alpha value is -1.43. The Morgan fingerprint density at radius 2 is 1.88 bits per heavy atom. The number of amides is 1. The summed E-state index contributed by atoms with van der Waals surface area (Å²) in [4.78, 5) is 17.7. The van der Waals surface area contributed by atoms with Crippen LogP contribution in [0.1, 0.15) is 30.9 Å². The molecule has 24 heavy (non-hydrogen) atoms. The van der Waals surface area contributed by atoms with E-state index in [0.29, 0.717) is 12.3 Å². The third-order valence-electron chi connectivity index (χ3n) is 5.23. The van der Waals surface area contributed by atoms with Gasteiger partial charge in [0.05, 0.1) is 0 Å². The predicted octanol–water partition coefficient (Wildman–Crippen LogP) is 1.25. The molecule has 1 heterocycles. The number of aliphatic hydroxyl groups is 1. The van der Waals surface area contributed by atoms with Gasteiger partial charge in [-0.3, -0.25) is 9.69 Å². The summed E-state index contributed by atoms with van der Waals surface area (Å²) in [5.41, 5.74) is 1.05. The molecule has 2 unspecified atom stereocenters. The van der Waals surface area contributed by atoms with Crippen molar-refractivity contribution in [1.82, 2.24) is 15.1 Å². The lowest BCUT2D eigenvalue weighted by atomic mass is 10.0. The Bertz CT molecular complexity index is 525. The predicted molar refractivity (Wildman–Crippen MR) is 94.6 cm³/mol. The van der Waals surface area contributed by atoms with Gasteiger partial charge < -0.3 is 15.3 Å². The zero-order valence-corrected chi connectivity index (χ0v) is 14.5. The molecule has 0 spiro atoms. The van der Waals surface area contributed by atoms with Crippen LogP contribution in [0.5, 0.6) is 0 Å². The van der Waals surface area contributed by atoms with Crippen molar-refractivity contribution in [2.24, 2.45) is 5.92 Å². The number of carbonyl (C=O) groups excluding carboxylic acids is 1.